The maximum atomic E-state index is 10.7. The molecular formula is C7H8N2O3. The van der Waals surface area contributed by atoms with Crippen LogP contribution in [0.5, 0.6) is 5.88 Å². The Morgan fingerprint density at radius 2 is 2.50 bits per heavy atom. The van der Waals surface area contributed by atoms with Gasteiger partial charge in [-0.15, -0.1) is 5.10 Å². The van der Waals surface area contributed by atoms with Gasteiger partial charge < -0.3 is 9.84 Å². The summed E-state index contributed by atoms with van der Waals surface area (Å²) < 4.78 is 6.45. The van der Waals surface area contributed by atoms with Gasteiger partial charge >= 0.3 is 5.97 Å². The van der Waals surface area contributed by atoms with E-state index in [1.807, 2.05) is 0 Å². The monoisotopic (exact) mass is 168 g/mol. The van der Waals surface area contributed by atoms with E-state index in [9.17, 15) is 4.79 Å². The van der Waals surface area contributed by atoms with Gasteiger partial charge in [0.25, 0.3) is 0 Å². The molecule has 0 aromatic carbocycles. The number of aryl methyl sites for hydroxylation is 1. The van der Waals surface area contributed by atoms with Gasteiger partial charge in [0.15, 0.2) is 5.69 Å². The van der Waals surface area contributed by atoms with Crippen molar-refractivity contribution in [3.63, 3.8) is 0 Å². The lowest BCUT2D eigenvalue weighted by atomic mass is 10.2. The van der Waals surface area contributed by atoms with Crippen molar-refractivity contribution in [1.82, 2.24) is 9.78 Å². The van der Waals surface area contributed by atoms with Gasteiger partial charge in [-0.25, -0.2) is 4.79 Å². The van der Waals surface area contributed by atoms with E-state index in [1.165, 1.54) is 4.68 Å². The Balaban J connectivity index is 2.59. The van der Waals surface area contributed by atoms with Gasteiger partial charge in [-0.1, -0.05) is 0 Å². The molecule has 2 rings (SSSR count). The van der Waals surface area contributed by atoms with E-state index in [4.69, 9.17) is 9.84 Å². The summed E-state index contributed by atoms with van der Waals surface area (Å²) in [6, 6.07) is 0. The smallest absolute Gasteiger partial charge is 0.354 e. The minimum Gasteiger partial charge on any atom is -0.477 e. The van der Waals surface area contributed by atoms with Crippen LogP contribution in [0.4, 0.5) is 0 Å². The molecule has 1 aliphatic rings. The number of aromatic nitrogens is 2. The number of nitrogens with zero attached hydrogens (tertiary/aromatic N) is 2. The molecule has 0 fully saturated rings. The van der Waals surface area contributed by atoms with Gasteiger partial charge in [-0.2, -0.15) is 0 Å². The van der Waals surface area contributed by atoms with Gasteiger partial charge in [-0.3, -0.25) is 4.68 Å². The Bertz CT molecular complexity index is 343. The number of aromatic carboxylic acids is 1. The van der Waals surface area contributed by atoms with Gasteiger partial charge in [0, 0.05) is 13.5 Å². The van der Waals surface area contributed by atoms with Gasteiger partial charge in [0.05, 0.1) is 12.2 Å². The molecule has 0 atom stereocenters. The number of fused-ring (bicyclic) bond motifs is 1. The van der Waals surface area contributed by atoms with Crippen molar-refractivity contribution in [1.29, 1.82) is 0 Å². The number of carboxylic acid groups (broad SMARTS) is 1. The van der Waals surface area contributed by atoms with Crippen LogP contribution in [0.3, 0.4) is 0 Å². The first-order chi connectivity index (χ1) is 5.70. The molecule has 12 heavy (non-hydrogen) atoms. The summed E-state index contributed by atoms with van der Waals surface area (Å²) in [5, 5.41) is 12.7. The molecule has 5 heteroatoms. The Kier molecular flexibility index (Phi) is 1.33. The van der Waals surface area contributed by atoms with Crippen molar-refractivity contribution < 1.29 is 14.6 Å². The number of carboxylic acids is 1. The van der Waals surface area contributed by atoms with E-state index in [-0.39, 0.29) is 5.69 Å². The molecule has 1 aromatic heterocycles. The highest BCUT2D eigenvalue weighted by atomic mass is 16.5. The molecule has 5 nitrogen and oxygen atoms in total. The summed E-state index contributed by atoms with van der Waals surface area (Å²) in [7, 11) is 1.60. The molecule has 0 unspecified atom stereocenters. The fourth-order valence-corrected chi connectivity index (χ4v) is 1.40. The molecule has 1 N–H and O–H groups in total. The van der Waals surface area contributed by atoms with Crippen molar-refractivity contribution in [3.05, 3.63) is 11.3 Å². The van der Waals surface area contributed by atoms with E-state index in [0.29, 0.717) is 24.5 Å². The fraction of sp³-hybridized carbons (Fsp3) is 0.429. The molecule has 2 heterocycles. The quantitative estimate of drug-likeness (QED) is 0.643. The summed E-state index contributed by atoms with van der Waals surface area (Å²) in [5.41, 5.74) is 0.951. The van der Waals surface area contributed by atoms with Crippen molar-refractivity contribution in [2.45, 2.75) is 6.42 Å². The molecular weight excluding hydrogens is 160 g/mol. The molecule has 0 aliphatic carbocycles. The minimum absolute atomic E-state index is 0.238. The summed E-state index contributed by atoms with van der Waals surface area (Å²) in [5.74, 6) is -0.480. The molecule has 0 bridgehead atoms. The van der Waals surface area contributed by atoms with E-state index in [0.717, 1.165) is 0 Å². The topological polar surface area (TPSA) is 64.4 Å². The van der Waals surface area contributed by atoms with E-state index < -0.39 is 5.97 Å². The van der Waals surface area contributed by atoms with E-state index >= 15 is 0 Å². The number of hydrogen-bond acceptors (Lipinski definition) is 3. The summed E-state index contributed by atoms with van der Waals surface area (Å²) in [4.78, 5) is 10.7. The average Bonchev–Trinajstić information content (AvgIpc) is 2.44. The average molecular weight is 168 g/mol. The lowest BCUT2D eigenvalue weighted by Crippen LogP contribution is -2.09. The zero-order valence-electron chi connectivity index (χ0n) is 6.57. The van der Waals surface area contributed by atoms with Gasteiger partial charge in [-0.05, 0) is 0 Å². The third-order valence-corrected chi connectivity index (χ3v) is 1.90. The van der Waals surface area contributed by atoms with Gasteiger partial charge in [0.1, 0.15) is 0 Å². The normalized spacial score (nSPS) is 14.1. The molecule has 64 valence electrons. The first-order valence-electron chi connectivity index (χ1n) is 3.62. The fourth-order valence-electron chi connectivity index (χ4n) is 1.40. The second-order valence-corrected chi connectivity index (χ2v) is 2.66. The van der Waals surface area contributed by atoms with Gasteiger partial charge in [0.2, 0.25) is 5.88 Å². The number of carbonyl (C=O) groups is 1. The molecule has 0 saturated carbocycles. The maximum Gasteiger partial charge on any atom is 0.354 e. The zero-order valence-corrected chi connectivity index (χ0v) is 6.57. The van der Waals surface area contributed by atoms with E-state index in [2.05, 4.69) is 5.10 Å². The van der Waals surface area contributed by atoms with Crippen LogP contribution in [0.2, 0.25) is 0 Å². The molecule has 0 amide bonds. The molecule has 1 aromatic rings. The van der Waals surface area contributed by atoms with Crippen LogP contribution in [0, 0.1) is 0 Å². The van der Waals surface area contributed by atoms with E-state index in [1.54, 1.807) is 7.05 Å². The highest BCUT2D eigenvalue weighted by Crippen LogP contribution is 2.26. The lowest BCUT2D eigenvalue weighted by Gasteiger charge is -1.96. The van der Waals surface area contributed by atoms with Crippen LogP contribution in [-0.2, 0) is 13.5 Å². The van der Waals surface area contributed by atoms with Crippen LogP contribution in [0.1, 0.15) is 16.1 Å². The Hall–Kier alpha value is -1.52. The third kappa shape index (κ3) is 0.792. The van der Waals surface area contributed by atoms with Crippen molar-refractivity contribution in [2.24, 2.45) is 7.05 Å². The van der Waals surface area contributed by atoms with Crippen molar-refractivity contribution in [3.8, 4) is 5.88 Å². The molecule has 0 spiro atoms. The first-order valence-corrected chi connectivity index (χ1v) is 3.62. The van der Waals surface area contributed by atoms with Crippen molar-refractivity contribution >= 4 is 5.97 Å². The predicted molar refractivity (Wildman–Crippen MR) is 39.4 cm³/mol. The maximum absolute atomic E-state index is 10.7. The SMILES string of the molecule is Cn1nc2c(c1C(=O)O)CCO2. The van der Waals surface area contributed by atoms with Crippen molar-refractivity contribution in [2.75, 3.05) is 6.61 Å². The highest BCUT2D eigenvalue weighted by molar-refractivity contribution is 5.88. The highest BCUT2D eigenvalue weighted by Gasteiger charge is 2.26. The minimum atomic E-state index is -0.947. The van der Waals surface area contributed by atoms with Crippen LogP contribution in [0.15, 0.2) is 0 Å². The first kappa shape index (κ1) is 7.15. The number of ether oxygens (including phenoxy) is 1. The second-order valence-electron chi connectivity index (χ2n) is 2.66. The largest absolute Gasteiger partial charge is 0.477 e. The van der Waals surface area contributed by atoms with Crippen LogP contribution < -0.4 is 4.74 Å². The van der Waals surface area contributed by atoms with Crippen LogP contribution >= 0.6 is 0 Å². The number of hydrogen-bond donors (Lipinski definition) is 1. The predicted octanol–water partition coefficient (Wildman–Crippen LogP) is 0.0532. The standard InChI is InChI=1S/C7H8N2O3/c1-9-5(7(10)11)4-2-3-12-6(4)8-9/h2-3H2,1H3,(H,10,11). The Labute approximate surface area is 68.6 Å². The Morgan fingerprint density at radius 3 is 3.17 bits per heavy atom. The molecule has 0 radical (unpaired) electrons. The number of rotatable bonds is 1. The zero-order chi connectivity index (χ0) is 8.72. The summed E-state index contributed by atoms with van der Waals surface area (Å²) in [6.45, 7) is 0.540. The van der Waals surface area contributed by atoms with Crippen LogP contribution in [-0.4, -0.2) is 27.5 Å². The Morgan fingerprint density at radius 1 is 1.75 bits per heavy atom. The second kappa shape index (κ2) is 2.23. The lowest BCUT2D eigenvalue weighted by molar-refractivity contribution is 0.0683. The molecule has 1 aliphatic heterocycles. The summed E-state index contributed by atoms with van der Waals surface area (Å²) >= 11 is 0. The summed E-state index contributed by atoms with van der Waals surface area (Å²) in [6.07, 6.45) is 0.644. The third-order valence-electron chi connectivity index (χ3n) is 1.90. The van der Waals surface area contributed by atoms with Crippen LogP contribution in [0.25, 0.3) is 0 Å². The molecule has 0 saturated heterocycles.